The van der Waals surface area contributed by atoms with Gasteiger partial charge in [-0.15, -0.1) is 0 Å². The topological polar surface area (TPSA) is 29.3 Å². The fourth-order valence-electron chi connectivity index (χ4n) is 1.84. The molecule has 72 valence electrons. The molecule has 0 saturated carbocycles. The molecule has 1 rings (SSSR count). The third-order valence-corrected chi connectivity index (χ3v) is 3.30. The van der Waals surface area contributed by atoms with Crippen LogP contribution >= 0.6 is 0 Å². The Kier molecular flexibility index (Phi) is 3.09. The predicted molar refractivity (Wildman–Crippen MR) is 51.4 cm³/mol. The standard InChI is InChI=1S/C9H22N3/c1-4-12(2,3)9-5-7-11(10)8-6-9/h9H,4-8,10H2,1-3H3/q+1. The fraction of sp³-hybridized carbons (Fsp3) is 1.00. The van der Waals surface area contributed by atoms with Crippen molar-refractivity contribution < 1.29 is 4.48 Å². The largest absolute Gasteiger partial charge is 0.326 e. The SMILES string of the molecule is CC[N+](C)(C)C1CCN(N)CC1. The number of rotatable bonds is 2. The fourth-order valence-corrected chi connectivity index (χ4v) is 1.84. The van der Waals surface area contributed by atoms with Crippen LogP contribution in [0.25, 0.3) is 0 Å². The van der Waals surface area contributed by atoms with Gasteiger partial charge >= 0.3 is 0 Å². The average Bonchev–Trinajstić information content (AvgIpc) is 2.05. The number of piperidine rings is 1. The monoisotopic (exact) mass is 172 g/mol. The first-order valence-electron chi connectivity index (χ1n) is 4.88. The van der Waals surface area contributed by atoms with E-state index in [0.717, 1.165) is 23.6 Å². The zero-order valence-electron chi connectivity index (χ0n) is 8.58. The Morgan fingerprint density at radius 2 is 1.83 bits per heavy atom. The van der Waals surface area contributed by atoms with Gasteiger partial charge in [-0.1, -0.05) is 0 Å². The molecule has 0 spiro atoms. The Balaban J connectivity index is 2.44. The minimum absolute atomic E-state index is 0.815. The quantitative estimate of drug-likeness (QED) is 0.483. The molecule has 0 bridgehead atoms. The molecule has 2 N–H and O–H groups in total. The second kappa shape index (κ2) is 3.73. The Labute approximate surface area is 75.7 Å². The third-order valence-electron chi connectivity index (χ3n) is 3.30. The van der Waals surface area contributed by atoms with Crippen LogP contribution in [0.15, 0.2) is 0 Å². The molecule has 0 aromatic rings. The van der Waals surface area contributed by atoms with Crippen molar-refractivity contribution in [1.82, 2.24) is 5.01 Å². The lowest BCUT2D eigenvalue weighted by atomic mass is 10.0. The zero-order valence-corrected chi connectivity index (χ0v) is 8.58. The number of nitrogens with zero attached hydrogens (tertiary/aromatic N) is 2. The summed E-state index contributed by atoms with van der Waals surface area (Å²) in [5.74, 6) is 5.71. The van der Waals surface area contributed by atoms with E-state index in [0.29, 0.717) is 0 Å². The highest BCUT2D eigenvalue weighted by Crippen LogP contribution is 2.18. The summed E-state index contributed by atoms with van der Waals surface area (Å²) in [6.45, 7) is 5.60. The summed E-state index contributed by atoms with van der Waals surface area (Å²) in [5.41, 5.74) is 0. The number of hydrazine groups is 1. The van der Waals surface area contributed by atoms with Crippen LogP contribution in [0.5, 0.6) is 0 Å². The molecule has 12 heavy (non-hydrogen) atoms. The molecule has 0 radical (unpaired) electrons. The predicted octanol–water partition coefficient (Wildman–Crippen LogP) is 0.421. The van der Waals surface area contributed by atoms with E-state index in [4.69, 9.17) is 5.84 Å². The Morgan fingerprint density at radius 3 is 2.25 bits per heavy atom. The highest BCUT2D eigenvalue weighted by molar-refractivity contribution is 4.68. The van der Waals surface area contributed by atoms with Crippen LogP contribution < -0.4 is 5.84 Å². The van der Waals surface area contributed by atoms with Gasteiger partial charge in [-0.3, -0.25) is 5.84 Å². The molecule has 0 aliphatic carbocycles. The van der Waals surface area contributed by atoms with E-state index in [-0.39, 0.29) is 0 Å². The summed E-state index contributed by atoms with van der Waals surface area (Å²) in [6, 6.07) is 0.815. The van der Waals surface area contributed by atoms with Crippen molar-refractivity contribution in [1.29, 1.82) is 0 Å². The van der Waals surface area contributed by atoms with Gasteiger partial charge in [-0.2, -0.15) is 0 Å². The smallest absolute Gasteiger partial charge is 0.0911 e. The van der Waals surface area contributed by atoms with Crippen LogP contribution in [0.2, 0.25) is 0 Å². The first-order valence-corrected chi connectivity index (χ1v) is 4.88. The second-order valence-electron chi connectivity index (χ2n) is 4.36. The van der Waals surface area contributed by atoms with Gasteiger partial charge < -0.3 is 4.48 Å². The highest BCUT2D eigenvalue weighted by atomic mass is 15.4. The van der Waals surface area contributed by atoms with Gasteiger partial charge in [0.05, 0.1) is 26.7 Å². The van der Waals surface area contributed by atoms with E-state index in [2.05, 4.69) is 21.0 Å². The van der Waals surface area contributed by atoms with Gasteiger partial charge in [-0.05, 0) is 6.92 Å². The van der Waals surface area contributed by atoms with Crippen molar-refractivity contribution in [2.75, 3.05) is 33.7 Å². The van der Waals surface area contributed by atoms with E-state index in [9.17, 15) is 0 Å². The number of quaternary nitrogens is 1. The Bertz CT molecular complexity index is 137. The van der Waals surface area contributed by atoms with E-state index in [1.807, 2.05) is 5.01 Å². The average molecular weight is 172 g/mol. The molecule has 0 atom stereocenters. The molecule has 0 amide bonds. The normalized spacial score (nSPS) is 23.0. The summed E-state index contributed by atoms with van der Waals surface area (Å²) < 4.78 is 1.15. The maximum Gasteiger partial charge on any atom is 0.0911 e. The van der Waals surface area contributed by atoms with Crippen LogP contribution in [-0.4, -0.2) is 49.3 Å². The Hall–Kier alpha value is -0.120. The lowest BCUT2D eigenvalue weighted by Crippen LogP contribution is -2.54. The number of nitrogens with two attached hydrogens (primary N) is 1. The molecular formula is C9H22N3+. The summed E-state index contributed by atoms with van der Waals surface area (Å²) in [4.78, 5) is 0. The van der Waals surface area contributed by atoms with Crippen LogP contribution in [0.1, 0.15) is 19.8 Å². The molecule has 0 aromatic carbocycles. The summed E-state index contributed by atoms with van der Waals surface area (Å²) in [7, 11) is 4.63. The number of hydrogen-bond donors (Lipinski definition) is 1. The lowest BCUT2D eigenvalue weighted by molar-refractivity contribution is -0.914. The molecule has 1 aliphatic heterocycles. The van der Waals surface area contributed by atoms with Crippen LogP contribution in [0.4, 0.5) is 0 Å². The molecule has 3 heteroatoms. The maximum absolute atomic E-state index is 5.71. The van der Waals surface area contributed by atoms with Crippen LogP contribution in [0.3, 0.4) is 0 Å². The first-order chi connectivity index (χ1) is 5.56. The van der Waals surface area contributed by atoms with Gasteiger partial charge in [0, 0.05) is 25.9 Å². The minimum Gasteiger partial charge on any atom is -0.326 e. The van der Waals surface area contributed by atoms with Crippen molar-refractivity contribution in [3.8, 4) is 0 Å². The molecule has 0 unspecified atom stereocenters. The van der Waals surface area contributed by atoms with Crippen molar-refractivity contribution in [2.24, 2.45) is 5.84 Å². The highest BCUT2D eigenvalue weighted by Gasteiger charge is 2.29. The number of hydrogen-bond acceptors (Lipinski definition) is 2. The molecular weight excluding hydrogens is 150 g/mol. The van der Waals surface area contributed by atoms with Gasteiger partial charge in [0.2, 0.25) is 0 Å². The van der Waals surface area contributed by atoms with Crippen molar-refractivity contribution in [3.05, 3.63) is 0 Å². The Morgan fingerprint density at radius 1 is 1.33 bits per heavy atom. The minimum atomic E-state index is 0.815. The second-order valence-corrected chi connectivity index (χ2v) is 4.36. The van der Waals surface area contributed by atoms with E-state index in [1.54, 1.807) is 0 Å². The van der Waals surface area contributed by atoms with Crippen LogP contribution in [0, 0.1) is 0 Å². The van der Waals surface area contributed by atoms with Crippen molar-refractivity contribution >= 4 is 0 Å². The maximum atomic E-state index is 5.71. The van der Waals surface area contributed by atoms with Crippen molar-refractivity contribution in [2.45, 2.75) is 25.8 Å². The summed E-state index contributed by atoms with van der Waals surface area (Å²) >= 11 is 0. The molecule has 3 nitrogen and oxygen atoms in total. The zero-order chi connectivity index (χ0) is 9.19. The van der Waals surface area contributed by atoms with Crippen molar-refractivity contribution in [3.63, 3.8) is 0 Å². The third kappa shape index (κ3) is 2.19. The van der Waals surface area contributed by atoms with E-state index >= 15 is 0 Å². The first kappa shape index (κ1) is 9.96. The van der Waals surface area contributed by atoms with Gasteiger partial charge in [-0.25, -0.2) is 5.01 Å². The van der Waals surface area contributed by atoms with Gasteiger partial charge in [0.15, 0.2) is 0 Å². The molecule has 1 saturated heterocycles. The molecule has 1 aliphatic rings. The van der Waals surface area contributed by atoms with Gasteiger partial charge in [0.1, 0.15) is 0 Å². The van der Waals surface area contributed by atoms with E-state index < -0.39 is 0 Å². The van der Waals surface area contributed by atoms with E-state index in [1.165, 1.54) is 19.4 Å². The lowest BCUT2D eigenvalue weighted by Gasteiger charge is -2.41. The summed E-state index contributed by atoms with van der Waals surface area (Å²) in [6.07, 6.45) is 2.49. The molecule has 1 heterocycles. The molecule has 0 aromatic heterocycles. The molecule has 1 fully saturated rings. The summed E-state index contributed by atoms with van der Waals surface area (Å²) in [5, 5.41) is 1.94. The van der Waals surface area contributed by atoms with Gasteiger partial charge in [0.25, 0.3) is 0 Å². The van der Waals surface area contributed by atoms with Crippen LogP contribution in [-0.2, 0) is 0 Å².